The fraction of sp³-hybridized carbons (Fsp3) is 1.00. The minimum Gasteiger partial charge on any atom is -0.396 e. The van der Waals surface area contributed by atoms with E-state index in [1.165, 1.54) is 38.5 Å². The molecule has 0 spiro atoms. The van der Waals surface area contributed by atoms with Gasteiger partial charge in [0.15, 0.2) is 0 Å². The maximum absolute atomic E-state index is 9.57. The lowest BCUT2D eigenvalue weighted by Crippen LogP contribution is -2.41. The van der Waals surface area contributed by atoms with Crippen LogP contribution in [0, 0.1) is 5.41 Å². The third kappa shape index (κ3) is 3.18. The molecule has 0 heterocycles. The predicted octanol–water partition coefficient (Wildman–Crippen LogP) is 2.66. The van der Waals surface area contributed by atoms with Gasteiger partial charge in [0.2, 0.25) is 0 Å². The van der Waals surface area contributed by atoms with Crippen LogP contribution in [0.25, 0.3) is 0 Å². The van der Waals surface area contributed by atoms with Crippen LogP contribution in [0.2, 0.25) is 0 Å². The molecule has 90 valence electrons. The summed E-state index contributed by atoms with van der Waals surface area (Å²) in [5.74, 6) is 0. The number of hydrogen-bond donors (Lipinski definition) is 1. The number of rotatable bonds is 6. The van der Waals surface area contributed by atoms with Crippen molar-refractivity contribution in [1.29, 1.82) is 0 Å². The lowest BCUT2D eigenvalue weighted by Gasteiger charge is -2.35. The summed E-state index contributed by atoms with van der Waals surface area (Å²) < 4.78 is 0. The Hall–Kier alpha value is -0.0800. The van der Waals surface area contributed by atoms with Gasteiger partial charge < -0.3 is 10.0 Å². The van der Waals surface area contributed by atoms with Crippen LogP contribution < -0.4 is 0 Å². The average Bonchev–Trinajstić information content (AvgIpc) is 2.69. The number of aliphatic hydroxyl groups is 1. The molecular weight excluding hydrogens is 186 g/mol. The highest BCUT2D eigenvalue weighted by Crippen LogP contribution is 2.38. The summed E-state index contributed by atoms with van der Waals surface area (Å²) in [5.41, 5.74) is 0.220. The highest BCUT2D eigenvalue weighted by Gasteiger charge is 2.35. The van der Waals surface area contributed by atoms with Gasteiger partial charge in [-0.1, -0.05) is 26.7 Å². The van der Waals surface area contributed by atoms with E-state index in [2.05, 4.69) is 25.8 Å². The molecule has 2 heteroatoms. The van der Waals surface area contributed by atoms with Gasteiger partial charge in [-0.15, -0.1) is 0 Å². The zero-order chi connectivity index (χ0) is 11.3. The molecule has 0 aromatic carbocycles. The molecule has 2 nitrogen and oxygen atoms in total. The zero-order valence-corrected chi connectivity index (χ0v) is 10.6. The van der Waals surface area contributed by atoms with Gasteiger partial charge in [-0.3, -0.25) is 0 Å². The Labute approximate surface area is 94.7 Å². The van der Waals surface area contributed by atoms with Crippen molar-refractivity contribution in [3.63, 3.8) is 0 Å². The van der Waals surface area contributed by atoms with Gasteiger partial charge in [0, 0.05) is 24.6 Å². The molecule has 15 heavy (non-hydrogen) atoms. The van der Waals surface area contributed by atoms with E-state index in [1.807, 2.05) is 0 Å². The van der Waals surface area contributed by atoms with Gasteiger partial charge in [-0.2, -0.15) is 0 Å². The van der Waals surface area contributed by atoms with Gasteiger partial charge in [0.1, 0.15) is 0 Å². The van der Waals surface area contributed by atoms with Crippen molar-refractivity contribution in [1.82, 2.24) is 4.90 Å². The van der Waals surface area contributed by atoms with Crippen molar-refractivity contribution < 1.29 is 5.11 Å². The molecule has 0 aromatic rings. The molecule has 1 aliphatic carbocycles. The normalized spacial score (nSPS) is 20.4. The van der Waals surface area contributed by atoms with E-state index in [0.717, 1.165) is 6.54 Å². The third-order valence-electron chi connectivity index (χ3n) is 4.15. The first-order valence-corrected chi connectivity index (χ1v) is 6.48. The van der Waals surface area contributed by atoms with Gasteiger partial charge in [0.25, 0.3) is 0 Å². The van der Waals surface area contributed by atoms with Crippen LogP contribution in [0.4, 0.5) is 0 Å². The summed E-state index contributed by atoms with van der Waals surface area (Å²) in [6.45, 7) is 5.96. The first-order chi connectivity index (χ1) is 7.17. The second kappa shape index (κ2) is 5.86. The minimum absolute atomic E-state index is 0.220. The lowest BCUT2D eigenvalue weighted by atomic mass is 9.86. The Kier molecular flexibility index (Phi) is 5.07. The maximum atomic E-state index is 9.57. The van der Waals surface area contributed by atoms with Gasteiger partial charge in [-0.05, 0) is 32.7 Å². The molecule has 0 saturated heterocycles. The Morgan fingerprint density at radius 3 is 2.13 bits per heavy atom. The van der Waals surface area contributed by atoms with Crippen LogP contribution in [-0.2, 0) is 0 Å². The fourth-order valence-corrected chi connectivity index (χ4v) is 3.06. The second-order valence-electron chi connectivity index (χ2n) is 5.25. The van der Waals surface area contributed by atoms with Crippen molar-refractivity contribution in [3.8, 4) is 0 Å². The number of nitrogens with zero attached hydrogens (tertiary/aromatic N) is 1. The molecule has 0 aliphatic heterocycles. The summed E-state index contributed by atoms with van der Waals surface area (Å²) in [5, 5.41) is 9.57. The molecule has 1 fully saturated rings. The van der Waals surface area contributed by atoms with Crippen molar-refractivity contribution in [3.05, 3.63) is 0 Å². The topological polar surface area (TPSA) is 23.5 Å². The maximum Gasteiger partial charge on any atom is 0.0499 e. The molecular formula is C13H27NO. The monoisotopic (exact) mass is 213 g/mol. The van der Waals surface area contributed by atoms with Crippen LogP contribution in [-0.4, -0.2) is 36.2 Å². The standard InChI is InChI=1S/C13H27NO/c1-4-12(5-2)14(3)10-13(11-15)8-6-7-9-13/h12,15H,4-11H2,1-3H3. The Balaban J connectivity index is 2.50. The highest BCUT2D eigenvalue weighted by atomic mass is 16.3. The molecule has 0 unspecified atom stereocenters. The predicted molar refractivity (Wildman–Crippen MR) is 65.0 cm³/mol. The molecule has 1 saturated carbocycles. The van der Waals surface area contributed by atoms with Crippen molar-refractivity contribution in [2.75, 3.05) is 20.2 Å². The Morgan fingerprint density at radius 2 is 1.73 bits per heavy atom. The highest BCUT2D eigenvalue weighted by molar-refractivity contribution is 4.87. The van der Waals surface area contributed by atoms with E-state index in [-0.39, 0.29) is 5.41 Å². The average molecular weight is 213 g/mol. The van der Waals surface area contributed by atoms with Gasteiger partial charge in [-0.25, -0.2) is 0 Å². The molecule has 0 amide bonds. The summed E-state index contributed by atoms with van der Waals surface area (Å²) in [4.78, 5) is 2.46. The summed E-state index contributed by atoms with van der Waals surface area (Å²) in [7, 11) is 2.22. The number of hydrogen-bond acceptors (Lipinski definition) is 2. The van der Waals surface area contributed by atoms with E-state index in [1.54, 1.807) is 0 Å². The van der Waals surface area contributed by atoms with Gasteiger partial charge >= 0.3 is 0 Å². The van der Waals surface area contributed by atoms with E-state index < -0.39 is 0 Å². The smallest absolute Gasteiger partial charge is 0.0499 e. The van der Waals surface area contributed by atoms with Crippen LogP contribution in [0.1, 0.15) is 52.4 Å². The van der Waals surface area contributed by atoms with Gasteiger partial charge in [0.05, 0.1) is 0 Å². The van der Waals surface area contributed by atoms with Crippen LogP contribution in [0.15, 0.2) is 0 Å². The first kappa shape index (κ1) is 13.0. The number of aliphatic hydroxyl groups excluding tert-OH is 1. The van der Waals surface area contributed by atoms with Crippen LogP contribution in [0.5, 0.6) is 0 Å². The van der Waals surface area contributed by atoms with E-state index in [0.29, 0.717) is 12.6 Å². The largest absolute Gasteiger partial charge is 0.396 e. The molecule has 0 radical (unpaired) electrons. The quantitative estimate of drug-likeness (QED) is 0.733. The van der Waals surface area contributed by atoms with E-state index in [4.69, 9.17) is 0 Å². The first-order valence-electron chi connectivity index (χ1n) is 6.48. The van der Waals surface area contributed by atoms with Crippen molar-refractivity contribution in [2.24, 2.45) is 5.41 Å². The Bertz CT molecular complexity index is 171. The summed E-state index contributed by atoms with van der Waals surface area (Å²) in [6, 6.07) is 0.689. The molecule has 0 atom stereocenters. The Morgan fingerprint density at radius 1 is 1.20 bits per heavy atom. The lowest BCUT2D eigenvalue weighted by molar-refractivity contribution is 0.0695. The summed E-state index contributed by atoms with van der Waals surface area (Å²) >= 11 is 0. The molecule has 1 N–H and O–H groups in total. The summed E-state index contributed by atoms with van der Waals surface area (Å²) in [6.07, 6.45) is 7.47. The fourth-order valence-electron chi connectivity index (χ4n) is 3.06. The SMILES string of the molecule is CCC(CC)N(C)CC1(CO)CCCC1. The van der Waals surface area contributed by atoms with E-state index in [9.17, 15) is 5.11 Å². The van der Waals surface area contributed by atoms with Crippen molar-refractivity contribution >= 4 is 0 Å². The van der Waals surface area contributed by atoms with Crippen LogP contribution in [0.3, 0.4) is 0 Å². The zero-order valence-electron chi connectivity index (χ0n) is 10.6. The minimum atomic E-state index is 0.220. The third-order valence-corrected chi connectivity index (χ3v) is 4.15. The molecule has 0 aromatic heterocycles. The molecule has 0 bridgehead atoms. The van der Waals surface area contributed by atoms with E-state index >= 15 is 0 Å². The molecule has 1 aliphatic rings. The van der Waals surface area contributed by atoms with Crippen molar-refractivity contribution in [2.45, 2.75) is 58.4 Å². The second-order valence-corrected chi connectivity index (χ2v) is 5.25. The molecule has 1 rings (SSSR count). The van der Waals surface area contributed by atoms with Crippen LogP contribution >= 0.6 is 0 Å².